The quantitative estimate of drug-likeness (QED) is 0.720. The van der Waals surface area contributed by atoms with Crippen molar-refractivity contribution in [1.29, 1.82) is 0 Å². The van der Waals surface area contributed by atoms with Crippen LogP contribution < -0.4 is 10.6 Å². The van der Waals surface area contributed by atoms with Crippen molar-refractivity contribution in [3.63, 3.8) is 0 Å². The molecule has 5 heteroatoms. The number of thioether (sulfide) groups is 1. The van der Waals surface area contributed by atoms with E-state index in [1.807, 2.05) is 18.7 Å². The fraction of sp³-hybridized carbons (Fsp3) is 0.900. The standard InChI is InChI=1S/C10H20N2O2S/c1-3-9(5-14-2)12-10(13)11-4-8-6-15-7-8/h8-9H,3-7H2,1-2H3,(H2,11,12,13). The smallest absolute Gasteiger partial charge is 0.315 e. The summed E-state index contributed by atoms with van der Waals surface area (Å²) < 4.78 is 5.01. The molecule has 0 aliphatic carbocycles. The molecule has 0 aromatic carbocycles. The van der Waals surface area contributed by atoms with Crippen LogP contribution in [0.15, 0.2) is 0 Å². The van der Waals surface area contributed by atoms with Crippen LogP contribution in [0.5, 0.6) is 0 Å². The van der Waals surface area contributed by atoms with Crippen molar-refractivity contribution in [1.82, 2.24) is 10.6 Å². The van der Waals surface area contributed by atoms with E-state index in [0.29, 0.717) is 12.5 Å². The highest BCUT2D eigenvalue weighted by molar-refractivity contribution is 8.00. The lowest BCUT2D eigenvalue weighted by Gasteiger charge is -2.25. The van der Waals surface area contributed by atoms with E-state index in [1.165, 1.54) is 11.5 Å². The number of amides is 2. The topological polar surface area (TPSA) is 50.4 Å². The summed E-state index contributed by atoms with van der Waals surface area (Å²) in [6, 6.07) is 0.0431. The molecule has 1 unspecified atom stereocenters. The molecular weight excluding hydrogens is 212 g/mol. The summed E-state index contributed by atoms with van der Waals surface area (Å²) in [6.07, 6.45) is 0.889. The van der Waals surface area contributed by atoms with E-state index in [1.54, 1.807) is 7.11 Å². The monoisotopic (exact) mass is 232 g/mol. The van der Waals surface area contributed by atoms with E-state index in [2.05, 4.69) is 10.6 Å². The molecule has 1 fully saturated rings. The Kier molecular flexibility index (Phi) is 5.86. The number of carbonyl (C=O) groups is 1. The Labute approximate surface area is 95.5 Å². The maximum absolute atomic E-state index is 11.4. The number of methoxy groups -OCH3 is 1. The zero-order valence-electron chi connectivity index (χ0n) is 9.41. The molecule has 1 atom stereocenters. The van der Waals surface area contributed by atoms with Gasteiger partial charge in [0.1, 0.15) is 0 Å². The first-order valence-corrected chi connectivity index (χ1v) is 6.52. The van der Waals surface area contributed by atoms with Crippen molar-refractivity contribution in [3.8, 4) is 0 Å². The summed E-state index contributed by atoms with van der Waals surface area (Å²) in [6.45, 7) is 3.40. The second-order valence-electron chi connectivity index (χ2n) is 3.82. The van der Waals surface area contributed by atoms with E-state index in [4.69, 9.17) is 4.74 Å². The first kappa shape index (κ1) is 12.6. The second kappa shape index (κ2) is 6.95. The molecule has 4 nitrogen and oxygen atoms in total. The minimum atomic E-state index is -0.0733. The van der Waals surface area contributed by atoms with Gasteiger partial charge in [-0.2, -0.15) is 11.8 Å². The van der Waals surface area contributed by atoms with Gasteiger partial charge < -0.3 is 15.4 Å². The third-order valence-electron chi connectivity index (χ3n) is 2.45. The highest BCUT2D eigenvalue weighted by Gasteiger charge is 2.19. The fourth-order valence-corrected chi connectivity index (χ4v) is 2.14. The molecule has 0 aromatic rings. The van der Waals surface area contributed by atoms with E-state index >= 15 is 0 Å². The molecule has 15 heavy (non-hydrogen) atoms. The number of carbonyl (C=O) groups excluding carboxylic acids is 1. The number of hydrogen-bond donors (Lipinski definition) is 2. The normalized spacial score (nSPS) is 18.0. The largest absolute Gasteiger partial charge is 0.383 e. The molecule has 2 N–H and O–H groups in total. The predicted molar refractivity (Wildman–Crippen MR) is 63.3 cm³/mol. The maximum atomic E-state index is 11.4. The van der Waals surface area contributed by atoms with Crippen molar-refractivity contribution in [2.45, 2.75) is 19.4 Å². The third-order valence-corrected chi connectivity index (χ3v) is 3.87. The summed E-state index contributed by atoms with van der Waals surface area (Å²) in [5.74, 6) is 3.02. The Morgan fingerprint density at radius 3 is 2.80 bits per heavy atom. The van der Waals surface area contributed by atoms with Crippen LogP contribution in [0.1, 0.15) is 13.3 Å². The second-order valence-corrected chi connectivity index (χ2v) is 4.89. The first-order chi connectivity index (χ1) is 7.26. The summed E-state index contributed by atoms with van der Waals surface area (Å²) >= 11 is 1.93. The fourth-order valence-electron chi connectivity index (χ4n) is 1.34. The van der Waals surface area contributed by atoms with Crippen molar-refractivity contribution in [3.05, 3.63) is 0 Å². The average molecular weight is 232 g/mol. The third kappa shape index (κ3) is 4.75. The van der Waals surface area contributed by atoms with Gasteiger partial charge in [0.25, 0.3) is 0 Å². The summed E-state index contributed by atoms with van der Waals surface area (Å²) in [7, 11) is 1.65. The van der Waals surface area contributed by atoms with Gasteiger partial charge >= 0.3 is 6.03 Å². The average Bonchev–Trinajstić information content (AvgIpc) is 2.14. The Hall–Kier alpha value is -0.420. The molecule has 0 saturated carbocycles. The lowest BCUT2D eigenvalue weighted by molar-refractivity contribution is 0.163. The van der Waals surface area contributed by atoms with Crippen LogP contribution in [0.4, 0.5) is 4.79 Å². The highest BCUT2D eigenvalue weighted by atomic mass is 32.2. The molecule has 0 bridgehead atoms. The van der Waals surface area contributed by atoms with E-state index in [0.717, 1.165) is 13.0 Å². The van der Waals surface area contributed by atoms with Crippen LogP contribution in [-0.4, -0.2) is 43.8 Å². The van der Waals surface area contributed by atoms with Gasteiger partial charge in [-0.1, -0.05) is 6.92 Å². The van der Waals surface area contributed by atoms with Crippen LogP contribution in [0.25, 0.3) is 0 Å². The van der Waals surface area contributed by atoms with E-state index in [9.17, 15) is 4.79 Å². The summed E-state index contributed by atoms with van der Waals surface area (Å²) in [5, 5.41) is 5.78. The Balaban J connectivity index is 2.09. The number of nitrogens with one attached hydrogen (secondary N) is 2. The van der Waals surface area contributed by atoms with Gasteiger partial charge in [-0.15, -0.1) is 0 Å². The van der Waals surface area contributed by atoms with Gasteiger partial charge in [0.05, 0.1) is 12.6 Å². The highest BCUT2D eigenvalue weighted by Crippen LogP contribution is 2.23. The lowest BCUT2D eigenvalue weighted by Crippen LogP contribution is -2.46. The number of hydrogen-bond acceptors (Lipinski definition) is 3. The minimum absolute atomic E-state index is 0.0733. The van der Waals surface area contributed by atoms with Gasteiger partial charge in [0.15, 0.2) is 0 Å². The lowest BCUT2D eigenvalue weighted by atomic mass is 10.2. The zero-order chi connectivity index (χ0) is 11.1. The Bertz CT molecular complexity index is 198. The SMILES string of the molecule is CCC(COC)NC(=O)NCC1CSC1. The van der Waals surface area contributed by atoms with E-state index < -0.39 is 0 Å². The van der Waals surface area contributed by atoms with Gasteiger partial charge in [-0.05, 0) is 23.8 Å². The van der Waals surface area contributed by atoms with Gasteiger partial charge in [0.2, 0.25) is 0 Å². The van der Waals surface area contributed by atoms with Crippen molar-refractivity contribution in [2.24, 2.45) is 5.92 Å². The van der Waals surface area contributed by atoms with Crippen LogP contribution in [0.3, 0.4) is 0 Å². The molecular formula is C10H20N2O2S. The van der Waals surface area contributed by atoms with Gasteiger partial charge in [-0.25, -0.2) is 4.79 Å². The van der Waals surface area contributed by atoms with Crippen LogP contribution in [-0.2, 0) is 4.74 Å². The molecule has 1 rings (SSSR count). The van der Waals surface area contributed by atoms with Crippen LogP contribution >= 0.6 is 11.8 Å². The molecule has 0 spiro atoms. The van der Waals surface area contributed by atoms with Gasteiger partial charge in [0, 0.05) is 13.7 Å². The molecule has 1 saturated heterocycles. The first-order valence-electron chi connectivity index (χ1n) is 5.37. The van der Waals surface area contributed by atoms with Crippen LogP contribution in [0, 0.1) is 5.92 Å². The molecule has 2 amide bonds. The Morgan fingerprint density at radius 1 is 1.60 bits per heavy atom. The summed E-state index contributed by atoms with van der Waals surface area (Å²) in [4.78, 5) is 11.4. The van der Waals surface area contributed by atoms with Crippen LogP contribution in [0.2, 0.25) is 0 Å². The molecule has 1 aliphatic rings. The molecule has 1 aliphatic heterocycles. The molecule has 1 heterocycles. The molecule has 0 radical (unpaired) electrons. The zero-order valence-corrected chi connectivity index (χ0v) is 10.2. The van der Waals surface area contributed by atoms with E-state index in [-0.39, 0.29) is 12.1 Å². The minimum Gasteiger partial charge on any atom is -0.383 e. The van der Waals surface area contributed by atoms with Gasteiger partial charge in [-0.3, -0.25) is 0 Å². The summed E-state index contributed by atoms with van der Waals surface area (Å²) in [5.41, 5.74) is 0. The van der Waals surface area contributed by atoms with Crippen molar-refractivity contribution < 1.29 is 9.53 Å². The molecule has 88 valence electrons. The van der Waals surface area contributed by atoms with Crippen molar-refractivity contribution >= 4 is 17.8 Å². The molecule has 0 aromatic heterocycles. The Morgan fingerprint density at radius 2 is 2.33 bits per heavy atom. The number of urea groups is 1. The van der Waals surface area contributed by atoms with Crippen molar-refractivity contribution in [2.75, 3.05) is 31.8 Å². The predicted octanol–water partition coefficient (Wildman–Crippen LogP) is 1.07. The maximum Gasteiger partial charge on any atom is 0.315 e. The number of ether oxygens (including phenoxy) is 1. The number of rotatable bonds is 6.